The number of fused-ring (bicyclic) bond motifs is 1. The summed E-state index contributed by atoms with van der Waals surface area (Å²) in [5.74, 6) is 5.31. The molecule has 0 aromatic carbocycles. The topological polar surface area (TPSA) is 169 Å². The fraction of sp³-hybridized carbons (Fsp3) is 0.600. The summed E-state index contributed by atoms with van der Waals surface area (Å²) in [5.41, 5.74) is 5.24. The molecule has 1 saturated heterocycles. The molecule has 0 bridgehead atoms. The fourth-order valence-corrected chi connectivity index (χ4v) is 3.60. The van der Waals surface area contributed by atoms with Gasteiger partial charge in [-0.05, 0) is 32.1 Å². The molecule has 2 aromatic heterocycles. The first-order chi connectivity index (χ1) is 14.5. The van der Waals surface area contributed by atoms with Gasteiger partial charge >= 0.3 is 0 Å². The quantitative estimate of drug-likeness (QED) is 0.384. The maximum atomic E-state index is 12.1. The molecule has 11 nitrogen and oxygen atoms in total. The minimum absolute atomic E-state index is 0.0593. The van der Waals surface area contributed by atoms with Crippen molar-refractivity contribution in [3.8, 4) is 11.8 Å². The van der Waals surface area contributed by atoms with Crippen LogP contribution in [0.4, 0.5) is 5.82 Å². The van der Waals surface area contributed by atoms with E-state index in [1.807, 2.05) is 13.8 Å². The van der Waals surface area contributed by atoms with Crippen molar-refractivity contribution in [3.05, 3.63) is 12.2 Å². The van der Waals surface area contributed by atoms with Gasteiger partial charge in [0, 0.05) is 6.54 Å². The Kier molecular flexibility index (Phi) is 6.47. The van der Waals surface area contributed by atoms with E-state index >= 15 is 0 Å². The molecule has 0 radical (unpaired) electrons. The van der Waals surface area contributed by atoms with Crippen LogP contribution in [0.2, 0.25) is 0 Å². The fourth-order valence-electron chi connectivity index (χ4n) is 3.60. The number of rotatable bonds is 5. The van der Waals surface area contributed by atoms with Crippen molar-refractivity contribution in [1.29, 1.82) is 0 Å². The van der Waals surface area contributed by atoms with E-state index in [2.05, 4.69) is 32.1 Å². The van der Waals surface area contributed by atoms with E-state index in [0.717, 1.165) is 0 Å². The molecule has 168 valence electrons. The van der Waals surface area contributed by atoms with Gasteiger partial charge in [-0.25, -0.2) is 15.0 Å². The normalized spacial score (nSPS) is 25.3. The molecule has 1 aliphatic heterocycles. The zero-order chi connectivity index (χ0) is 22.9. The summed E-state index contributed by atoms with van der Waals surface area (Å²) >= 11 is 0. The van der Waals surface area contributed by atoms with Crippen LogP contribution in [0.25, 0.3) is 11.2 Å². The first kappa shape index (κ1) is 22.9. The van der Waals surface area contributed by atoms with Gasteiger partial charge in [-0.15, -0.1) is 0 Å². The molecule has 3 rings (SSSR count). The van der Waals surface area contributed by atoms with Crippen molar-refractivity contribution < 1.29 is 24.9 Å². The Bertz CT molecular complexity index is 1020. The molecule has 31 heavy (non-hydrogen) atoms. The van der Waals surface area contributed by atoms with Crippen molar-refractivity contribution in [2.75, 3.05) is 12.3 Å². The lowest BCUT2D eigenvalue weighted by atomic mass is 9.95. The summed E-state index contributed by atoms with van der Waals surface area (Å²) in [7, 11) is 0. The molecule has 0 aliphatic carbocycles. The zero-order valence-corrected chi connectivity index (χ0v) is 17.9. The number of nitrogens with zero attached hydrogens (tertiary/aromatic N) is 4. The minimum Gasteiger partial charge on any atom is -0.387 e. The van der Waals surface area contributed by atoms with E-state index < -0.39 is 36.0 Å². The van der Waals surface area contributed by atoms with E-state index in [-0.39, 0.29) is 28.7 Å². The number of hydrogen-bond donors (Lipinski definition) is 5. The smallest absolute Gasteiger partial charge is 0.252 e. The van der Waals surface area contributed by atoms with E-state index in [0.29, 0.717) is 13.0 Å². The number of imidazole rings is 1. The number of amides is 1. The van der Waals surface area contributed by atoms with Gasteiger partial charge in [0.15, 0.2) is 23.8 Å². The molecular weight excluding hydrogens is 404 g/mol. The molecule has 11 heteroatoms. The number of carbonyl (C=O) groups is 1. The van der Waals surface area contributed by atoms with Gasteiger partial charge in [0.25, 0.3) is 5.91 Å². The highest BCUT2D eigenvalue weighted by atomic mass is 16.6. The molecule has 1 unspecified atom stereocenters. The second-order valence-electron chi connectivity index (χ2n) is 8.20. The molecule has 6 N–H and O–H groups in total. The SMILES string of the molecule is CCNC(=O)[C@H]1O[C@@H](n2cnc3c(N)nc(C#CC(C)(O)CC(C)C)nc32)[C@H](O)[C@@H]1O. The van der Waals surface area contributed by atoms with Crippen LogP contribution in [-0.2, 0) is 9.53 Å². The number of nitrogen functional groups attached to an aromatic ring is 1. The zero-order valence-electron chi connectivity index (χ0n) is 17.9. The standard InChI is InChI=1S/C20H28N6O5/c1-5-22-18(29)15-13(27)14(28)19(31-15)26-9-23-12-16(21)24-11(25-17(12)26)6-7-20(4,30)8-10(2)3/h9-10,13-15,19,27-28,30H,5,8H2,1-4H3,(H,22,29)(H2,21,24,25)/t13-,14+,15-,19+,20?/m0/s1. The lowest BCUT2D eigenvalue weighted by Gasteiger charge is -2.18. The maximum absolute atomic E-state index is 12.1. The van der Waals surface area contributed by atoms with Crippen molar-refractivity contribution >= 4 is 22.9 Å². The van der Waals surface area contributed by atoms with E-state index in [1.54, 1.807) is 13.8 Å². The van der Waals surface area contributed by atoms with Gasteiger partial charge in [-0.2, -0.15) is 0 Å². The Balaban J connectivity index is 1.96. The van der Waals surface area contributed by atoms with Crippen LogP contribution in [0, 0.1) is 17.8 Å². The van der Waals surface area contributed by atoms with Gasteiger partial charge in [0.1, 0.15) is 23.3 Å². The number of aliphatic hydroxyl groups excluding tert-OH is 2. The first-order valence-corrected chi connectivity index (χ1v) is 10.1. The third-order valence-electron chi connectivity index (χ3n) is 4.82. The van der Waals surface area contributed by atoms with E-state index in [1.165, 1.54) is 10.9 Å². The Morgan fingerprint density at radius 1 is 1.39 bits per heavy atom. The highest BCUT2D eigenvalue weighted by Gasteiger charge is 2.47. The van der Waals surface area contributed by atoms with Crippen LogP contribution < -0.4 is 11.1 Å². The van der Waals surface area contributed by atoms with Gasteiger partial charge in [-0.3, -0.25) is 9.36 Å². The summed E-state index contributed by atoms with van der Waals surface area (Å²) in [6.45, 7) is 7.65. The van der Waals surface area contributed by atoms with Gasteiger partial charge in [0.05, 0.1) is 6.33 Å². The molecule has 1 fully saturated rings. The predicted octanol–water partition coefficient (Wildman–Crippen LogP) is -0.688. The van der Waals surface area contributed by atoms with Crippen molar-refractivity contribution in [2.24, 2.45) is 5.92 Å². The average Bonchev–Trinajstić information content (AvgIpc) is 3.21. The summed E-state index contributed by atoms with van der Waals surface area (Å²) in [6.07, 6.45) is -3.39. The van der Waals surface area contributed by atoms with Crippen LogP contribution in [0.1, 0.15) is 46.2 Å². The van der Waals surface area contributed by atoms with Crippen LogP contribution >= 0.6 is 0 Å². The second-order valence-corrected chi connectivity index (χ2v) is 8.20. The molecular formula is C20H28N6O5. The number of hydrogen-bond acceptors (Lipinski definition) is 9. The molecule has 0 spiro atoms. The number of nitrogens with two attached hydrogens (primary N) is 1. The summed E-state index contributed by atoms with van der Waals surface area (Å²) in [4.78, 5) is 24.7. The third kappa shape index (κ3) is 4.77. The largest absolute Gasteiger partial charge is 0.387 e. The van der Waals surface area contributed by atoms with Crippen molar-refractivity contribution in [1.82, 2.24) is 24.8 Å². The van der Waals surface area contributed by atoms with E-state index in [4.69, 9.17) is 10.5 Å². The van der Waals surface area contributed by atoms with Crippen molar-refractivity contribution in [3.63, 3.8) is 0 Å². The number of aromatic nitrogens is 4. The molecule has 2 aromatic rings. The number of carbonyl (C=O) groups excluding carboxylic acids is 1. The molecule has 5 atom stereocenters. The van der Waals surface area contributed by atoms with Gasteiger partial charge in [-0.1, -0.05) is 19.8 Å². The summed E-state index contributed by atoms with van der Waals surface area (Å²) in [6, 6.07) is 0. The summed E-state index contributed by atoms with van der Waals surface area (Å²) in [5, 5.41) is 33.7. The van der Waals surface area contributed by atoms with Crippen LogP contribution in [0.3, 0.4) is 0 Å². The number of aliphatic hydroxyl groups is 3. The number of nitrogens with one attached hydrogen (secondary N) is 1. The maximum Gasteiger partial charge on any atom is 0.252 e. The number of anilines is 1. The number of likely N-dealkylation sites (N-methyl/N-ethyl adjacent to an activating group) is 1. The third-order valence-corrected chi connectivity index (χ3v) is 4.82. The Morgan fingerprint density at radius 2 is 2.10 bits per heavy atom. The first-order valence-electron chi connectivity index (χ1n) is 10.1. The molecule has 0 saturated carbocycles. The van der Waals surface area contributed by atoms with Crippen LogP contribution in [0.15, 0.2) is 6.33 Å². The molecule has 1 aliphatic rings. The van der Waals surface area contributed by atoms with Crippen LogP contribution in [-0.4, -0.2) is 71.2 Å². The van der Waals surface area contributed by atoms with Gasteiger partial charge < -0.3 is 31.1 Å². The minimum atomic E-state index is -1.43. The Labute approximate surface area is 179 Å². The lowest BCUT2D eigenvalue weighted by Crippen LogP contribution is -2.42. The van der Waals surface area contributed by atoms with Crippen LogP contribution in [0.5, 0.6) is 0 Å². The predicted molar refractivity (Wildman–Crippen MR) is 111 cm³/mol. The van der Waals surface area contributed by atoms with Crippen molar-refractivity contribution in [2.45, 2.75) is 64.3 Å². The average molecular weight is 432 g/mol. The highest BCUT2D eigenvalue weighted by Crippen LogP contribution is 2.32. The lowest BCUT2D eigenvalue weighted by molar-refractivity contribution is -0.137. The highest BCUT2D eigenvalue weighted by molar-refractivity contribution is 5.83. The second kappa shape index (κ2) is 8.76. The molecule has 3 heterocycles. The summed E-state index contributed by atoms with van der Waals surface area (Å²) < 4.78 is 7.00. The monoisotopic (exact) mass is 432 g/mol. The molecule has 1 amide bonds. The Hall–Kier alpha value is -2.78. The Morgan fingerprint density at radius 3 is 2.74 bits per heavy atom. The van der Waals surface area contributed by atoms with Gasteiger partial charge in [0.2, 0.25) is 5.82 Å². The number of ether oxygens (including phenoxy) is 1. The van der Waals surface area contributed by atoms with E-state index in [9.17, 15) is 20.1 Å².